The Labute approximate surface area is 167 Å². The van der Waals surface area contributed by atoms with E-state index in [-0.39, 0.29) is 5.57 Å². The van der Waals surface area contributed by atoms with E-state index >= 15 is 0 Å². The van der Waals surface area contributed by atoms with Gasteiger partial charge in [0.2, 0.25) is 6.29 Å². The van der Waals surface area contributed by atoms with Crippen molar-refractivity contribution in [1.82, 2.24) is 0 Å². The van der Waals surface area contributed by atoms with Crippen molar-refractivity contribution in [3.05, 3.63) is 36.5 Å². The number of allylic oxidation sites excluding steroid dienone is 2. The van der Waals surface area contributed by atoms with E-state index in [1.54, 1.807) is 12.2 Å². The summed E-state index contributed by atoms with van der Waals surface area (Å²) < 4.78 is 10.5. The first-order chi connectivity index (χ1) is 13.3. The first kappa shape index (κ1) is 23.7. The topological polar surface area (TPSA) is 89.9 Å². The Balaban J connectivity index is 2.79. The minimum Gasteiger partial charge on any atom is -0.478 e. The van der Waals surface area contributed by atoms with Gasteiger partial charge < -0.3 is 14.6 Å². The Kier molecular flexibility index (Phi) is 10.3. The van der Waals surface area contributed by atoms with Gasteiger partial charge in [0.05, 0.1) is 0 Å². The van der Waals surface area contributed by atoms with Crippen LogP contribution < -0.4 is 0 Å². The number of carboxylic acids is 1. The van der Waals surface area contributed by atoms with E-state index < -0.39 is 29.6 Å². The van der Waals surface area contributed by atoms with Crippen LogP contribution in [0.1, 0.15) is 71.6 Å². The molecule has 0 amide bonds. The Morgan fingerprint density at radius 1 is 1.07 bits per heavy atom. The van der Waals surface area contributed by atoms with Gasteiger partial charge >= 0.3 is 17.9 Å². The molecule has 1 atom stereocenters. The Morgan fingerprint density at radius 3 is 2.29 bits per heavy atom. The van der Waals surface area contributed by atoms with E-state index in [1.165, 1.54) is 13.0 Å². The third-order valence-electron chi connectivity index (χ3n) is 4.77. The third kappa shape index (κ3) is 9.02. The largest absolute Gasteiger partial charge is 0.478 e. The maximum absolute atomic E-state index is 12.3. The molecular formula is C22H32O6. The lowest BCUT2D eigenvalue weighted by atomic mass is 9.73. The van der Waals surface area contributed by atoms with Gasteiger partial charge in [0.1, 0.15) is 0 Å². The fourth-order valence-electron chi connectivity index (χ4n) is 3.16. The molecule has 1 rings (SSSR count). The zero-order valence-corrected chi connectivity index (χ0v) is 16.9. The lowest BCUT2D eigenvalue weighted by Gasteiger charge is -2.31. The average Bonchev–Trinajstić information content (AvgIpc) is 2.65. The molecule has 0 bridgehead atoms. The molecule has 0 aromatic heterocycles. The van der Waals surface area contributed by atoms with Crippen LogP contribution >= 0.6 is 0 Å². The standard InChI is InChI=1S/C22H32O6/c1-4-5-7-10-20(28-21(26)17(2)3)27-19(25)12-16-22(15-11-18(23)24)13-8-6-9-14-22/h11-12,15-16,20H,2,4-10,13-14H2,1,3H3,(H,23,24). The molecule has 6 nitrogen and oxygen atoms in total. The summed E-state index contributed by atoms with van der Waals surface area (Å²) in [4.78, 5) is 35.0. The molecule has 0 aliphatic heterocycles. The second-order valence-corrected chi connectivity index (χ2v) is 7.35. The predicted octanol–water partition coefficient (Wildman–Crippen LogP) is 4.70. The number of esters is 2. The zero-order valence-electron chi connectivity index (χ0n) is 16.9. The normalized spacial score (nSPS) is 17.4. The summed E-state index contributed by atoms with van der Waals surface area (Å²) in [5.74, 6) is -2.21. The van der Waals surface area contributed by atoms with Crippen LogP contribution in [0.2, 0.25) is 0 Å². The molecule has 28 heavy (non-hydrogen) atoms. The first-order valence-electron chi connectivity index (χ1n) is 9.96. The van der Waals surface area contributed by atoms with E-state index in [2.05, 4.69) is 13.5 Å². The van der Waals surface area contributed by atoms with Gasteiger partial charge in [0, 0.05) is 29.6 Å². The van der Waals surface area contributed by atoms with Crippen molar-refractivity contribution < 1.29 is 29.0 Å². The number of ether oxygens (including phenoxy) is 2. The summed E-state index contributed by atoms with van der Waals surface area (Å²) in [5, 5.41) is 8.93. The molecule has 0 heterocycles. The SMILES string of the molecule is C=C(C)C(=O)OC(CCCCC)OC(=O)C=CC1(C=CC(=O)O)CCCCC1. The van der Waals surface area contributed by atoms with Crippen LogP contribution in [0.3, 0.4) is 0 Å². The van der Waals surface area contributed by atoms with Crippen LogP contribution in [0.15, 0.2) is 36.5 Å². The van der Waals surface area contributed by atoms with Gasteiger partial charge in [0.15, 0.2) is 0 Å². The van der Waals surface area contributed by atoms with Crippen LogP contribution in [-0.2, 0) is 23.9 Å². The summed E-state index contributed by atoms with van der Waals surface area (Å²) in [6, 6.07) is 0. The molecule has 0 aromatic rings. The van der Waals surface area contributed by atoms with Gasteiger partial charge in [-0.15, -0.1) is 0 Å². The third-order valence-corrected chi connectivity index (χ3v) is 4.77. The predicted molar refractivity (Wildman–Crippen MR) is 106 cm³/mol. The quantitative estimate of drug-likeness (QED) is 0.237. The minimum atomic E-state index is -1.01. The first-order valence-corrected chi connectivity index (χ1v) is 9.96. The van der Waals surface area contributed by atoms with Gasteiger partial charge in [-0.25, -0.2) is 14.4 Å². The Bertz CT molecular complexity index is 611. The van der Waals surface area contributed by atoms with E-state index in [0.29, 0.717) is 6.42 Å². The molecule has 1 fully saturated rings. The highest BCUT2D eigenvalue weighted by molar-refractivity contribution is 5.87. The van der Waals surface area contributed by atoms with Crippen LogP contribution in [0.4, 0.5) is 0 Å². The van der Waals surface area contributed by atoms with Gasteiger partial charge in [-0.1, -0.05) is 57.8 Å². The van der Waals surface area contributed by atoms with E-state index in [9.17, 15) is 14.4 Å². The molecule has 1 aliphatic carbocycles. The second-order valence-electron chi connectivity index (χ2n) is 7.35. The number of hydrogen-bond acceptors (Lipinski definition) is 5. The number of rotatable bonds is 11. The molecule has 156 valence electrons. The van der Waals surface area contributed by atoms with Crippen molar-refractivity contribution in [2.45, 2.75) is 77.9 Å². The number of carbonyl (C=O) groups excluding carboxylic acids is 2. The number of aliphatic carboxylic acids is 1. The summed E-state index contributed by atoms with van der Waals surface area (Å²) in [7, 11) is 0. The Morgan fingerprint density at radius 2 is 1.71 bits per heavy atom. The second kappa shape index (κ2) is 12.2. The van der Waals surface area contributed by atoms with Gasteiger partial charge in [-0.05, 0) is 26.2 Å². The molecule has 0 spiro atoms. The van der Waals surface area contributed by atoms with Crippen molar-refractivity contribution in [2.75, 3.05) is 0 Å². The number of carboxylic acid groups (broad SMARTS) is 1. The van der Waals surface area contributed by atoms with Crippen molar-refractivity contribution in [3.8, 4) is 0 Å². The van der Waals surface area contributed by atoms with Gasteiger partial charge in [0.25, 0.3) is 0 Å². The van der Waals surface area contributed by atoms with Crippen molar-refractivity contribution in [2.24, 2.45) is 5.41 Å². The number of unbranched alkanes of at least 4 members (excludes halogenated alkanes) is 2. The van der Waals surface area contributed by atoms with E-state index in [0.717, 1.165) is 57.4 Å². The van der Waals surface area contributed by atoms with Gasteiger partial charge in [-0.2, -0.15) is 0 Å². The van der Waals surface area contributed by atoms with Crippen LogP contribution in [-0.4, -0.2) is 29.3 Å². The summed E-state index contributed by atoms with van der Waals surface area (Å²) in [6.45, 7) is 7.13. The minimum absolute atomic E-state index is 0.243. The monoisotopic (exact) mass is 392 g/mol. The molecule has 1 N–H and O–H groups in total. The number of carbonyl (C=O) groups is 3. The fraction of sp³-hybridized carbons (Fsp3) is 0.591. The van der Waals surface area contributed by atoms with E-state index in [4.69, 9.17) is 14.6 Å². The maximum atomic E-state index is 12.3. The number of hydrogen-bond donors (Lipinski definition) is 1. The summed E-state index contributed by atoms with van der Waals surface area (Å²) in [5.41, 5.74) is -0.214. The summed E-state index contributed by atoms with van der Waals surface area (Å²) in [6.07, 6.45) is 12.6. The molecular weight excluding hydrogens is 360 g/mol. The highest BCUT2D eigenvalue weighted by atomic mass is 16.7. The van der Waals surface area contributed by atoms with E-state index in [1.807, 2.05) is 0 Å². The highest BCUT2D eigenvalue weighted by Crippen LogP contribution is 2.39. The highest BCUT2D eigenvalue weighted by Gasteiger charge is 2.27. The van der Waals surface area contributed by atoms with Crippen molar-refractivity contribution in [1.29, 1.82) is 0 Å². The van der Waals surface area contributed by atoms with Gasteiger partial charge in [-0.3, -0.25) is 0 Å². The molecule has 1 aliphatic rings. The average molecular weight is 392 g/mol. The van der Waals surface area contributed by atoms with Crippen LogP contribution in [0.25, 0.3) is 0 Å². The summed E-state index contributed by atoms with van der Waals surface area (Å²) >= 11 is 0. The molecule has 6 heteroatoms. The molecule has 1 saturated carbocycles. The lowest BCUT2D eigenvalue weighted by molar-refractivity contribution is -0.182. The molecule has 0 radical (unpaired) electrons. The van der Waals surface area contributed by atoms with Crippen molar-refractivity contribution in [3.63, 3.8) is 0 Å². The smallest absolute Gasteiger partial charge is 0.336 e. The molecule has 1 unspecified atom stereocenters. The Hall–Kier alpha value is -2.37. The zero-order chi connectivity index (χ0) is 21.0. The lowest BCUT2D eigenvalue weighted by Crippen LogP contribution is -2.25. The maximum Gasteiger partial charge on any atom is 0.336 e. The fourth-order valence-corrected chi connectivity index (χ4v) is 3.16. The van der Waals surface area contributed by atoms with Crippen molar-refractivity contribution >= 4 is 17.9 Å². The molecule has 0 saturated heterocycles. The van der Waals surface area contributed by atoms with Crippen LogP contribution in [0, 0.1) is 5.41 Å². The van der Waals surface area contributed by atoms with Crippen LogP contribution in [0.5, 0.6) is 0 Å². The molecule has 0 aromatic carbocycles.